The van der Waals surface area contributed by atoms with Gasteiger partial charge in [-0.1, -0.05) is 0 Å². The molecule has 1 aromatic heterocycles. The van der Waals surface area contributed by atoms with Crippen LogP contribution in [0, 0.1) is 0 Å². The zero-order chi connectivity index (χ0) is 18.5. The van der Waals surface area contributed by atoms with Crippen molar-refractivity contribution in [1.29, 1.82) is 0 Å². The van der Waals surface area contributed by atoms with Crippen molar-refractivity contribution in [1.82, 2.24) is 29.9 Å². The summed E-state index contributed by atoms with van der Waals surface area (Å²) in [7, 11) is 2.05. The third-order valence-electron chi connectivity index (χ3n) is 5.53. The summed E-state index contributed by atoms with van der Waals surface area (Å²) in [5, 5.41) is 21.4. The highest BCUT2D eigenvalue weighted by Crippen LogP contribution is 2.26. The fourth-order valence-corrected chi connectivity index (χ4v) is 4.01. The van der Waals surface area contributed by atoms with Crippen LogP contribution in [0.5, 0.6) is 0 Å². The van der Waals surface area contributed by atoms with Gasteiger partial charge in [0.2, 0.25) is 5.91 Å². The van der Waals surface area contributed by atoms with Crippen molar-refractivity contribution in [2.24, 2.45) is 7.05 Å². The zero-order valence-electron chi connectivity index (χ0n) is 16.0. The monoisotopic (exact) mass is 364 g/mol. The molecule has 8 heteroatoms. The second-order valence-corrected chi connectivity index (χ2v) is 7.57. The van der Waals surface area contributed by atoms with Crippen LogP contribution >= 0.6 is 0 Å². The molecule has 2 saturated heterocycles. The van der Waals surface area contributed by atoms with Gasteiger partial charge in [0.15, 0.2) is 0 Å². The fourth-order valence-electron chi connectivity index (χ4n) is 4.01. The standard InChI is InChI=1S/C18H32N6O2/c1-3-19-17(26)13-24-8-4-5-14(11-24)18-21-20-16(22(18)2)12-23-9-6-15(25)7-10-23/h14-15,25H,3-13H2,1-2H3,(H,19,26). The van der Waals surface area contributed by atoms with Gasteiger partial charge < -0.3 is 15.0 Å². The molecule has 26 heavy (non-hydrogen) atoms. The Bertz CT molecular complexity index is 597. The Labute approximate surface area is 155 Å². The summed E-state index contributed by atoms with van der Waals surface area (Å²) < 4.78 is 2.13. The number of aliphatic hydroxyl groups excluding tert-OH is 1. The summed E-state index contributed by atoms with van der Waals surface area (Å²) >= 11 is 0. The number of aromatic nitrogens is 3. The van der Waals surface area contributed by atoms with Crippen LogP contribution in [0.2, 0.25) is 0 Å². The maximum atomic E-state index is 11.9. The van der Waals surface area contributed by atoms with E-state index < -0.39 is 0 Å². The van der Waals surface area contributed by atoms with Crippen LogP contribution < -0.4 is 5.32 Å². The van der Waals surface area contributed by atoms with E-state index in [1.165, 1.54) is 0 Å². The molecular formula is C18H32N6O2. The Hall–Kier alpha value is -1.51. The Morgan fingerprint density at radius 2 is 1.96 bits per heavy atom. The first-order valence-corrected chi connectivity index (χ1v) is 9.84. The number of nitrogens with zero attached hydrogens (tertiary/aromatic N) is 5. The lowest BCUT2D eigenvalue weighted by Crippen LogP contribution is -2.42. The smallest absolute Gasteiger partial charge is 0.234 e. The summed E-state index contributed by atoms with van der Waals surface area (Å²) in [6, 6.07) is 0. The molecular weight excluding hydrogens is 332 g/mol. The zero-order valence-corrected chi connectivity index (χ0v) is 16.0. The minimum Gasteiger partial charge on any atom is -0.393 e. The van der Waals surface area contributed by atoms with E-state index >= 15 is 0 Å². The molecule has 2 N–H and O–H groups in total. The SMILES string of the molecule is CCNC(=O)CN1CCCC(c2nnc(CN3CCC(O)CC3)n2C)C1. The minimum absolute atomic E-state index is 0.0964. The van der Waals surface area contributed by atoms with Crippen molar-refractivity contribution in [3.63, 3.8) is 0 Å². The van der Waals surface area contributed by atoms with Crippen LogP contribution in [0.1, 0.15) is 50.2 Å². The van der Waals surface area contributed by atoms with Gasteiger partial charge in [0, 0.05) is 39.1 Å². The normalized spacial score (nSPS) is 23.3. The number of amides is 1. The first-order valence-electron chi connectivity index (χ1n) is 9.84. The highest BCUT2D eigenvalue weighted by atomic mass is 16.3. The van der Waals surface area contributed by atoms with E-state index in [1.807, 2.05) is 14.0 Å². The van der Waals surface area contributed by atoms with Gasteiger partial charge in [-0.3, -0.25) is 14.6 Å². The van der Waals surface area contributed by atoms with Gasteiger partial charge in [0.25, 0.3) is 0 Å². The van der Waals surface area contributed by atoms with Gasteiger partial charge in [-0.05, 0) is 39.2 Å². The quantitative estimate of drug-likeness (QED) is 0.744. The van der Waals surface area contributed by atoms with Crippen LogP contribution in [-0.2, 0) is 18.4 Å². The Morgan fingerprint density at radius 3 is 2.69 bits per heavy atom. The number of likely N-dealkylation sites (tertiary alicyclic amines) is 2. The molecule has 3 rings (SSSR count). The number of likely N-dealkylation sites (N-methyl/N-ethyl adjacent to an activating group) is 1. The number of nitrogens with one attached hydrogen (secondary N) is 1. The maximum Gasteiger partial charge on any atom is 0.234 e. The number of hydrogen-bond acceptors (Lipinski definition) is 6. The van der Waals surface area contributed by atoms with Gasteiger partial charge in [-0.25, -0.2) is 0 Å². The lowest BCUT2D eigenvalue weighted by atomic mass is 9.97. The largest absolute Gasteiger partial charge is 0.393 e. The molecule has 2 aliphatic rings. The van der Waals surface area contributed by atoms with E-state index in [0.29, 0.717) is 19.0 Å². The topological polar surface area (TPSA) is 86.5 Å². The molecule has 0 radical (unpaired) electrons. The van der Waals surface area contributed by atoms with Crippen molar-refractivity contribution >= 4 is 5.91 Å². The second kappa shape index (κ2) is 8.92. The number of carbonyl (C=O) groups excluding carboxylic acids is 1. The molecule has 0 saturated carbocycles. The molecule has 1 atom stereocenters. The first kappa shape index (κ1) is 19.3. The summed E-state index contributed by atoms with van der Waals surface area (Å²) in [6.45, 7) is 7.52. The molecule has 2 aliphatic heterocycles. The number of aliphatic hydroxyl groups is 1. The van der Waals surface area contributed by atoms with E-state index in [-0.39, 0.29) is 12.0 Å². The summed E-state index contributed by atoms with van der Waals surface area (Å²) in [4.78, 5) is 16.4. The molecule has 1 aromatic rings. The third kappa shape index (κ3) is 4.81. The summed E-state index contributed by atoms with van der Waals surface area (Å²) in [5.41, 5.74) is 0. The average molecular weight is 364 g/mol. The van der Waals surface area contributed by atoms with Crippen LogP contribution in [0.25, 0.3) is 0 Å². The van der Waals surface area contributed by atoms with Gasteiger partial charge >= 0.3 is 0 Å². The molecule has 3 heterocycles. The molecule has 2 fully saturated rings. The second-order valence-electron chi connectivity index (χ2n) is 7.57. The Kier molecular flexibility index (Phi) is 6.61. The van der Waals surface area contributed by atoms with E-state index in [1.54, 1.807) is 0 Å². The number of rotatable bonds is 6. The van der Waals surface area contributed by atoms with Crippen molar-refractivity contribution < 1.29 is 9.90 Å². The van der Waals surface area contributed by atoms with E-state index in [4.69, 9.17) is 0 Å². The van der Waals surface area contributed by atoms with E-state index in [9.17, 15) is 9.90 Å². The number of hydrogen-bond donors (Lipinski definition) is 2. The van der Waals surface area contributed by atoms with Gasteiger partial charge in [0.05, 0.1) is 19.2 Å². The predicted molar refractivity (Wildman–Crippen MR) is 98.6 cm³/mol. The number of carbonyl (C=O) groups is 1. The summed E-state index contributed by atoms with van der Waals surface area (Å²) in [6.07, 6.45) is 3.69. The first-order chi connectivity index (χ1) is 12.6. The van der Waals surface area contributed by atoms with Crippen molar-refractivity contribution in [3.05, 3.63) is 11.6 Å². The fraction of sp³-hybridized carbons (Fsp3) is 0.833. The van der Waals surface area contributed by atoms with Crippen LogP contribution in [0.3, 0.4) is 0 Å². The molecule has 146 valence electrons. The van der Waals surface area contributed by atoms with Crippen LogP contribution in [0.4, 0.5) is 0 Å². The lowest BCUT2D eigenvalue weighted by Gasteiger charge is -2.32. The molecule has 0 spiro atoms. The summed E-state index contributed by atoms with van der Waals surface area (Å²) in [5.74, 6) is 2.43. The highest BCUT2D eigenvalue weighted by Gasteiger charge is 2.27. The number of piperidine rings is 2. The lowest BCUT2D eigenvalue weighted by molar-refractivity contribution is -0.122. The van der Waals surface area contributed by atoms with E-state index in [2.05, 4.69) is 29.9 Å². The van der Waals surface area contributed by atoms with Gasteiger partial charge in [-0.15, -0.1) is 10.2 Å². The average Bonchev–Trinajstić information content (AvgIpc) is 2.98. The predicted octanol–water partition coefficient (Wildman–Crippen LogP) is 0.0873. The molecule has 0 aliphatic carbocycles. The van der Waals surface area contributed by atoms with E-state index in [0.717, 1.165) is 70.1 Å². The van der Waals surface area contributed by atoms with Gasteiger partial charge in [-0.2, -0.15) is 0 Å². The van der Waals surface area contributed by atoms with Crippen molar-refractivity contribution in [2.75, 3.05) is 39.3 Å². The van der Waals surface area contributed by atoms with Gasteiger partial charge in [0.1, 0.15) is 11.6 Å². The third-order valence-corrected chi connectivity index (χ3v) is 5.53. The molecule has 0 bridgehead atoms. The van der Waals surface area contributed by atoms with Crippen LogP contribution in [-0.4, -0.2) is 81.0 Å². The molecule has 1 amide bonds. The minimum atomic E-state index is -0.153. The molecule has 8 nitrogen and oxygen atoms in total. The Morgan fingerprint density at radius 1 is 1.19 bits per heavy atom. The van der Waals surface area contributed by atoms with Crippen molar-refractivity contribution in [3.8, 4) is 0 Å². The molecule has 1 unspecified atom stereocenters. The maximum absolute atomic E-state index is 11.9. The Balaban J connectivity index is 1.58. The highest BCUT2D eigenvalue weighted by molar-refractivity contribution is 5.77. The molecule has 0 aromatic carbocycles. The van der Waals surface area contributed by atoms with Crippen LogP contribution in [0.15, 0.2) is 0 Å². The van der Waals surface area contributed by atoms with Crippen molar-refractivity contribution in [2.45, 2.75) is 51.2 Å².